The molecule has 2 aromatic carbocycles. The molecule has 3 aromatic rings. The molecule has 0 spiro atoms. The quantitative estimate of drug-likeness (QED) is 0.285. The van der Waals surface area contributed by atoms with Crippen LogP contribution in [-0.4, -0.2) is 21.6 Å². The van der Waals surface area contributed by atoms with Crippen molar-refractivity contribution in [3.8, 4) is 0 Å². The maximum Gasteiger partial charge on any atom is 0.367 e. The lowest BCUT2D eigenvalue weighted by atomic mass is 10.0. The summed E-state index contributed by atoms with van der Waals surface area (Å²) in [4.78, 5) is 31.6. The molecule has 1 aromatic heterocycles. The van der Waals surface area contributed by atoms with Gasteiger partial charge in [0, 0.05) is 35.7 Å². The zero-order chi connectivity index (χ0) is 19.2. The summed E-state index contributed by atoms with van der Waals surface area (Å²) in [5, 5.41) is 15.1. The fourth-order valence-electron chi connectivity index (χ4n) is 2.29. The third kappa shape index (κ3) is 4.34. The van der Waals surface area contributed by atoms with E-state index in [2.05, 4.69) is 10.1 Å². The Morgan fingerprint density at radius 3 is 2.26 bits per heavy atom. The second kappa shape index (κ2) is 8.20. The zero-order valence-corrected chi connectivity index (χ0v) is 14.5. The number of aromatic nitrogens is 1. The van der Waals surface area contributed by atoms with Crippen molar-refractivity contribution >= 4 is 29.0 Å². The Bertz CT molecular complexity index is 1000. The van der Waals surface area contributed by atoms with Gasteiger partial charge in [0.25, 0.3) is 5.69 Å². The number of hydrogen-bond donors (Lipinski definition) is 0. The molecule has 0 unspecified atom stereocenters. The lowest BCUT2D eigenvalue weighted by molar-refractivity contribution is -0.384. The van der Waals surface area contributed by atoms with Gasteiger partial charge in [-0.05, 0) is 36.4 Å². The van der Waals surface area contributed by atoms with Crippen LogP contribution in [0.3, 0.4) is 0 Å². The SMILES string of the molecule is O=C(O/N=C(\c1ccncc1)c1ccc([N+](=O)[O-])cc1)c1ccccc1Cl. The van der Waals surface area contributed by atoms with E-state index in [1.165, 1.54) is 30.3 Å². The number of nitro groups is 1. The van der Waals surface area contributed by atoms with Crippen molar-refractivity contribution < 1.29 is 14.6 Å². The fraction of sp³-hybridized carbons (Fsp3) is 0. The maximum atomic E-state index is 12.3. The van der Waals surface area contributed by atoms with E-state index in [0.717, 1.165) is 0 Å². The Morgan fingerprint density at radius 1 is 1.00 bits per heavy atom. The smallest absolute Gasteiger partial charge is 0.312 e. The predicted octanol–water partition coefficient (Wildman–Crippen LogP) is 4.25. The van der Waals surface area contributed by atoms with Gasteiger partial charge < -0.3 is 4.84 Å². The molecule has 27 heavy (non-hydrogen) atoms. The molecule has 0 aliphatic heterocycles. The Morgan fingerprint density at radius 2 is 1.63 bits per heavy atom. The average Bonchev–Trinajstić information content (AvgIpc) is 2.69. The van der Waals surface area contributed by atoms with Gasteiger partial charge in [0.2, 0.25) is 0 Å². The molecule has 0 saturated heterocycles. The normalized spacial score (nSPS) is 11.1. The van der Waals surface area contributed by atoms with E-state index in [1.807, 2.05) is 0 Å². The number of hydrogen-bond acceptors (Lipinski definition) is 6. The second-order valence-corrected chi connectivity index (χ2v) is 5.75. The summed E-state index contributed by atoms with van der Waals surface area (Å²) in [6.45, 7) is 0. The van der Waals surface area contributed by atoms with Gasteiger partial charge in [0.05, 0.1) is 15.5 Å². The second-order valence-electron chi connectivity index (χ2n) is 5.34. The number of oxime groups is 1. The van der Waals surface area contributed by atoms with Crippen LogP contribution in [0.2, 0.25) is 5.02 Å². The van der Waals surface area contributed by atoms with Crippen molar-refractivity contribution in [2.24, 2.45) is 5.16 Å². The molecule has 3 rings (SSSR count). The molecule has 0 aliphatic rings. The number of halogens is 1. The Kier molecular flexibility index (Phi) is 5.53. The molecule has 8 heteroatoms. The molecular formula is C19H12ClN3O4. The summed E-state index contributed by atoms with van der Waals surface area (Å²) >= 11 is 5.99. The number of benzene rings is 2. The number of carbonyl (C=O) groups excluding carboxylic acids is 1. The largest absolute Gasteiger partial charge is 0.367 e. The fourth-order valence-corrected chi connectivity index (χ4v) is 2.50. The van der Waals surface area contributed by atoms with Crippen LogP contribution >= 0.6 is 11.6 Å². The molecule has 1 heterocycles. The average molecular weight is 382 g/mol. The Balaban J connectivity index is 1.95. The number of nitrogens with zero attached hydrogens (tertiary/aromatic N) is 3. The topological polar surface area (TPSA) is 94.7 Å². The predicted molar refractivity (Wildman–Crippen MR) is 99.8 cm³/mol. The number of pyridine rings is 1. The van der Waals surface area contributed by atoms with Gasteiger partial charge in [0.1, 0.15) is 5.71 Å². The summed E-state index contributed by atoms with van der Waals surface area (Å²) < 4.78 is 0. The van der Waals surface area contributed by atoms with Gasteiger partial charge in [-0.15, -0.1) is 0 Å². The maximum absolute atomic E-state index is 12.3. The summed E-state index contributed by atoms with van der Waals surface area (Å²) in [6.07, 6.45) is 3.12. The van der Waals surface area contributed by atoms with Crippen molar-refractivity contribution in [2.45, 2.75) is 0 Å². The molecule has 0 radical (unpaired) electrons. The highest BCUT2D eigenvalue weighted by Crippen LogP contribution is 2.18. The first-order chi connectivity index (χ1) is 13.1. The zero-order valence-electron chi connectivity index (χ0n) is 13.8. The number of nitro benzene ring substituents is 1. The molecule has 0 bridgehead atoms. The summed E-state index contributed by atoms with van der Waals surface area (Å²) in [7, 11) is 0. The van der Waals surface area contributed by atoms with Gasteiger partial charge in [-0.25, -0.2) is 4.79 Å². The van der Waals surface area contributed by atoms with E-state index in [-0.39, 0.29) is 16.3 Å². The molecule has 134 valence electrons. The number of non-ortho nitro benzene ring substituents is 1. The van der Waals surface area contributed by atoms with Crippen molar-refractivity contribution in [2.75, 3.05) is 0 Å². The van der Waals surface area contributed by atoms with Gasteiger partial charge >= 0.3 is 5.97 Å². The van der Waals surface area contributed by atoms with E-state index in [1.54, 1.807) is 42.7 Å². The molecule has 0 atom stereocenters. The van der Waals surface area contributed by atoms with Crippen LogP contribution in [-0.2, 0) is 4.84 Å². The molecule has 0 saturated carbocycles. The van der Waals surface area contributed by atoms with E-state index in [4.69, 9.17) is 16.4 Å². The van der Waals surface area contributed by atoms with Crippen molar-refractivity contribution in [1.82, 2.24) is 4.98 Å². The Labute approximate surface area is 159 Å². The lowest BCUT2D eigenvalue weighted by Gasteiger charge is -2.07. The van der Waals surface area contributed by atoms with E-state index >= 15 is 0 Å². The van der Waals surface area contributed by atoms with Crippen LogP contribution < -0.4 is 0 Å². The van der Waals surface area contributed by atoms with Crippen molar-refractivity contribution in [1.29, 1.82) is 0 Å². The Hall–Kier alpha value is -3.58. The highest BCUT2D eigenvalue weighted by Gasteiger charge is 2.15. The minimum absolute atomic E-state index is 0.0547. The third-order valence-corrected chi connectivity index (χ3v) is 3.95. The van der Waals surface area contributed by atoms with Gasteiger partial charge in [0.15, 0.2) is 0 Å². The monoisotopic (exact) mass is 381 g/mol. The first kappa shape index (κ1) is 18.2. The van der Waals surface area contributed by atoms with Gasteiger partial charge in [-0.2, -0.15) is 0 Å². The van der Waals surface area contributed by atoms with E-state index in [0.29, 0.717) is 16.8 Å². The standard InChI is InChI=1S/C19H12ClN3O4/c20-17-4-2-1-3-16(17)19(24)27-22-18(14-9-11-21-12-10-14)13-5-7-15(8-6-13)23(25)26/h1-12H/b22-18-. The van der Waals surface area contributed by atoms with E-state index in [9.17, 15) is 14.9 Å². The van der Waals surface area contributed by atoms with Crippen LogP contribution in [0.15, 0.2) is 78.2 Å². The number of carbonyl (C=O) groups is 1. The number of rotatable bonds is 5. The van der Waals surface area contributed by atoms with Crippen LogP contribution in [0.5, 0.6) is 0 Å². The van der Waals surface area contributed by atoms with Crippen LogP contribution in [0.1, 0.15) is 21.5 Å². The first-order valence-electron chi connectivity index (χ1n) is 7.75. The molecule has 0 N–H and O–H groups in total. The molecule has 0 aliphatic carbocycles. The highest BCUT2D eigenvalue weighted by molar-refractivity contribution is 6.33. The minimum atomic E-state index is -0.714. The van der Waals surface area contributed by atoms with Crippen molar-refractivity contribution in [3.63, 3.8) is 0 Å². The van der Waals surface area contributed by atoms with Crippen LogP contribution in [0.25, 0.3) is 0 Å². The van der Waals surface area contributed by atoms with Crippen LogP contribution in [0, 0.1) is 10.1 Å². The molecule has 0 fully saturated rings. The summed E-state index contributed by atoms with van der Waals surface area (Å²) in [6, 6.07) is 15.6. The summed E-state index contributed by atoms with van der Waals surface area (Å²) in [5.74, 6) is -0.714. The highest BCUT2D eigenvalue weighted by atomic mass is 35.5. The third-order valence-electron chi connectivity index (χ3n) is 3.62. The van der Waals surface area contributed by atoms with Gasteiger partial charge in [-0.3, -0.25) is 15.1 Å². The summed E-state index contributed by atoms with van der Waals surface area (Å²) in [5.41, 5.74) is 1.62. The minimum Gasteiger partial charge on any atom is -0.312 e. The van der Waals surface area contributed by atoms with E-state index < -0.39 is 10.9 Å². The molecular weight excluding hydrogens is 370 g/mol. The first-order valence-corrected chi connectivity index (χ1v) is 8.13. The van der Waals surface area contributed by atoms with Gasteiger partial charge in [-0.1, -0.05) is 28.9 Å². The van der Waals surface area contributed by atoms with Crippen LogP contribution in [0.4, 0.5) is 5.69 Å². The molecule has 0 amide bonds. The lowest BCUT2D eigenvalue weighted by Crippen LogP contribution is -2.08. The van der Waals surface area contributed by atoms with Crippen molar-refractivity contribution in [3.05, 3.63) is 105 Å². The molecule has 7 nitrogen and oxygen atoms in total.